The van der Waals surface area contributed by atoms with E-state index in [4.69, 9.17) is 0 Å². The maximum atomic E-state index is 12.3. The van der Waals surface area contributed by atoms with E-state index in [2.05, 4.69) is 15.3 Å². The van der Waals surface area contributed by atoms with Crippen molar-refractivity contribution in [3.8, 4) is 11.3 Å². The average Bonchev–Trinajstić information content (AvgIpc) is 3.05. The lowest BCUT2D eigenvalue weighted by molar-refractivity contribution is 0.0498. The van der Waals surface area contributed by atoms with Crippen LogP contribution in [0.2, 0.25) is 0 Å². The summed E-state index contributed by atoms with van der Waals surface area (Å²) in [4.78, 5) is 18.0. The van der Waals surface area contributed by atoms with E-state index in [1.165, 1.54) is 0 Å². The van der Waals surface area contributed by atoms with E-state index in [0.717, 1.165) is 11.3 Å². The molecule has 1 amide bonds. The zero-order valence-electron chi connectivity index (χ0n) is 12.4. The summed E-state index contributed by atoms with van der Waals surface area (Å²) in [5.74, 6) is 0.0343. The second kappa shape index (κ2) is 5.64. The molecule has 1 fully saturated rings. The molecular weight excluding hydrogens is 290 g/mol. The number of aromatic nitrogens is 4. The van der Waals surface area contributed by atoms with Gasteiger partial charge in [0.2, 0.25) is 0 Å². The van der Waals surface area contributed by atoms with Crippen molar-refractivity contribution in [2.45, 2.75) is 6.04 Å². The molecule has 0 spiro atoms. The van der Waals surface area contributed by atoms with Crippen molar-refractivity contribution in [2.75, 3.05) is 13.1 Å². The van der Waals surface area contributed by atoms with Gasteiger partial charge in [0.1, 0.15) is 5.69 Å². The molecule has 23 heavy (non-hydrogen) atoms. The zero-order valence-corrected chi connectivity index (χ0v) is 12.4. The Balaban J connectivity index is 1.43. The van der Waals surface area contributed by atoms with E-state index in [1.54, 1.807) is 24.5 Å². The molecule has 3 aromatic rings. The molecule has 2 aromatic heterocycles. The van der Waals surface area contributed by atoms with Crippen LogP contribution in [0.4, 0.5) is 0 Å². The topological polar surface area (TPSA) is 63.9 Å². The van der Waals surface area contributed by atoms with E-state index < -0.39 is 0 Å². The van der Waals surface area contributed by atoms with Gasteiger partial charge in [-0.3, -0.25) is 9.78 Å². The van der Waals surface area contributed by atoms with Gasteiger partial charge in [-0.05, 0) is 12.1 Å². The minimum absolute atomic E-state index is 0.0343. The molecule has 1 aromatic carbocycles. The molecule has 114 valence electrons. The molecule has 0 saturated carbocycles. The number of hydrogen-bond acceptors (Lipinski definition) is 4. The number of nitrogens with zero attached hydrogens (tertiary/aromatic N) is 5. The smallest absolute Gasteiger partial charge is 0.254 e. The standard InChI is InChI=1S/C17H15N5O/c23-17(14-6-8-18-9-7-14)21-10-15(11-21)22-12-16(19-20-22)13-4-2-1-3-5-13/h1-9,12,15H,10-11H2. The van der Waals surface area contributed by atoms with Crippen LogP contribution >= 0.6 is 0 Å². The summed E-state index contributed by atoms with van der Waals surface area (Å²) in [6.07, 6.45) is 5.20. The van der Waals surface area contributed by atoms with E-state index in [1.807, 2.05) is 46.1 Å². The van der Waals surface area contributed by atoms with Gasteiger partial charge in [-0.1, -0.05) is 35.5 Å². The summed E-state index contributed by atoms with van der Waals surface area (Å²) in [6, 6.07) is 13.6. The van der Waals surface area contributed by atoms with E-state index in [0.29, 0.717) is 18.7 Å². The highest BCUT2D eigenvalue weighted by Gasteiger charge is 2.33. The highest BCUT2D eigenvalue weighted by molar-refractivity contribution is 5.94. The molecule has 0 aliphatic carbocycles. The Morgan fingerprint density at radius 2 is 1.78 bits per heavy atom. The van der Waals surface area contributed by atoms with Gasteiger partial charge in [-0.25, -0.2) is 4.68 Å². The first-order valence-corrected chi connectivity index (χ1v) is 7.48. The molecule has 6 nitrogen and oxygen atoms in total. The summed E-state index contributed by atoms with van der Waals surface area (Å²) in [5, 5.41) is 8.42. The highest BCUT2D eigenvalue weighted by atomic mass is 16.2. The summed E-state index contributed by atoms with van der Waals surface area (Å²) in [5.41, 5.74) is 2.56. The quantitative estimate of drug-likeness (QED) is 0.743. The highest BCUT2D eigenvalue weighted by Crippen LogP contribution is 2.24. The molecule has 1 aliphatic rings. The normalized spacial score (nSPS) is 14.5. The summed E-state index contributed by atoms with van der Waals surface area (Å²) in [6.45, 7) is 1.30. The minimum atomic E-state index is 0.0343. The Hall–Kier alpha value is -3.02. The van der Waals surface area contributed by atoms with Crippen LogP contribution in [-0.4, -0.2) is 43.9 Å². The van der Waals surface area contributed by atoms with E-state index >= 15 is 0 Å². The van der Waals surface area contributed by atoms with Gasteiger partial charge in [0.05, 0.1) is 12.2 Å². The van der Waals surface area contributed by atoms with Crippen LogP contribution in [0.15, 0.2) is 61.1 Å². The van der Waals surface area contributed by atoms with Crippen molar-refractivity contribution in [3.05, 3.63) is 66.6 Å². The minimum Gasteiger partial charge on any atom is -0.334 e. The number of rotatable bonds is 3. The number of benzene rings is 1. The van der Waals surface area contributed by atoms with Gasteiger partial charge >= 0.3 is 0 Å². The van der Waals surface area contributed by atoms with Gasteiger partial charge in [0, 0.05) is 36.6 Å². The largest absolute Gasteiger partial charge is 0.334 e. The third kappa shape index (κ3) is 2.59. The van der Waals surface area contributed by atoms with Crippen LogP contribution in [0.3, 0.4) is 0 Å². The first kappa shape index (κ1) is 13.6. The van der Waals surface area contributed by atoms with Gasteiger partial charge in [0.15, 0.2) is 0 Å². The first-order chi connectivity index (χ1) is 11.3. The molecule has 0 radical (unpaired) electrons. The molecule has 4 rings (SSSR count). The Labute approximate surface area is 133 Å². The van der Waals surface area contributed by atoms with Crippen LogP contribution < -0.4 is 0 Å². The molecule has 0 N–H and O–H groups in total. The van der Waals surface area contributed by atoms with Crippen molar-refractivity contribution in [2.24, 2.45) is 0 Å². The fourth-order valence-corrected chi connectivity index (χ4v) is 2.66. The number of likely N-dealkylation sites (tertiary alicyclic amines) is 1. The monoisotopic (exact) mass is 305 g/mol. The Bertz CT molecular complexity index is 809. The average molecular weight is 305 g/mol. The molecule has 1 saturated heterocycles. The third-order valence-corrected chi connectivity index (χ3v) is 4.03. The second-order valence-electron chi connectivity index (χ2n) is 5.55. The van der Waals surface area contributed by atoms with Crippen LogP contribution in [0.1, 0.15) is 16.4 Å². The summed E-state index contributed by atoms with van der Waals surface area (Å²) in [7, 11) is 0. The SMILES string of the molecule is O=C(c1ccncc1)N1CC(n2cc(-c3ccccc3)nn2)C1. The summed E-state index contributed by atoms with van der Waals surface area (Å²) < 4.78 is 1.85. The number of amides is 1. The van der Waals surface area contributed by atoms with Gasteiger partial charge in [-0.2, -0.15) is 0 Å². The zero-order chi connectivity index (χ0) is 15.6. The van der Waals surface area contributed by atoms with Crippen molar-refractivity contribution in [3.63, 3.8) is 0 Å². The van der Waals surface area contributed by atoms with Crippen molar-refractivity contribution in [1.82, 2.24) is 24.9 Å². The van der Waals surface area contributed by atoms with Crippen LogP contribution in [0.5, 0.6) is 0 Å². The molecule has 3 heterocycles. The van der Waals surface area contributed by atoms with Gasteiger partial charge < -0.3 is 4.90 Å². The number of carbonyl (C=O) groups excluding carboxylic acids is 1. The Morgan fingerprint density at radius 1 is 1.04 bits per heavy atom. The molecular formula is C17H15N5O. The lowest BCUT2D eigenvalue weighted by Crippen LogP contribution is -2.50. The summed E-state index contributed by atoms with van der Waals surface area (Å²) >= 11 is 0. The molecule has 0 unspecified atom stereocenters. The molecule has 6 heteroatoms. The van der Waals surface area contributed by atoms with Crippen LogP contribution in [0, 0.1) is 0 Å². The van der Waals surface area contributed by atoms with Crippen LogP contribution in [-0.2, 0) is 0 Å². The van der Waals surface area contributed by atoms with Crippen molar-refractivity contribution in [1.29, 1.82) is 0 Å². The fraction of sp³-hybridized carbons (Fsp3) is 0.176. The third-order valence-electron chi connectivity index (χ3n) is 4.03. The van der Waals surface area contributed by atoms with E-state index in [9.17, 15) is 4.79 Å². The number of hydrogen-bond donors (Lipinski definition) is 0. The Kier molecular flexibility index (Phi) is 3.34. The fourth-order valence-electron chi connectivity index (χ4n) is 2.66. The predicted molar refractivity (Wildman–Crippen MR) is 84.6 cm³/mol. The lowest BCUT2D eigenvalue weighted by Gasteiger charge is -2.38. The van der Waals surface area contributed by atoms with E-state index in [-0.39, 0.29) is 11.9 Å². The molecule has 0 atom stereocenters. The Morgan fingerprint density at radius 3 is 2.52 bits per heavy atom. The first-order valence-electron chi connectivity index (χ1n) is 7.48. The maximum Gasteiger partial charge on any atom is 0.254 e. The number of carbonyl (C=O) groups is 1. The van der Waals surface area contributed by atoms with Gasteiger partial charge in [-0.15, -0.1) is 5.10 Å². The predicted octanol–water partition coefficient (Wildman–Crippen LogP) is 2.04. The lowest BCUT2D eigenvalue weighted by atomic mass is 10.1. The van der Waals surface area contributed by atoms with Gasteiger partial charge in [0.25, 0.3) is 5.91 Å². The molecule has 0 bridgehead atoms. The second-order valence-corrected chi connectivity index (χ2v) is 5.55. The number of pyridine rings is 1. The van der Waals surface area contributed by atoms with Crippen LogP contribution in [0.25, 0.3) is 11.3 Å². The maximum absolute atomic E-state index is 12.3. The van der Waals surface area contributed by atoms with Crippen molar-refractivity contribution >= 4 is 5.91 Å². The molecule has 1 aliphatic heterocycles. The van der Waals surface area contributed by atoms with Crippen molar-refractivity contribution < 1.29 is 4.79 Å².